The van der Waals surface area contributed by atoms with Crippen LogP contribution in [0.1, 0.15) is 34.8 Å². The molecule has 136 valence electrons. The molecule has 1 N–H and O–H groups in total. The van der Waals surface area contributed by atoms with E-state index in [4.69, 9.17) is 4.74 Å². The van der Waals surface area contributed by atoms with Crippen LogP contribution < -0.4 is 5.32 Å². The fraction of sp³-hybridized carbons (Fsp3) is 0.217. The Kier molecular flexibility index (Phi) is 4.63. The quantitative estimate of drug-likeness (QED) is 0.682. The highest BCUT2D eigenvalue weighted by molar-refractivity contribution is 6.08. The molecule has 4 nitrogen and oxygen atoms in total. The lowest BCUT2D eigenvalue weighted by atomic mass is 10.00. The molecule has 0 fully saturated rings. The van der Waals surface area contributed by atoms with Gasteiger partial charge in [-0.3, -0.25) is 4.79 Å². The number of rotatable bonds is 5. The van der Waals surface area contributed by atoms with E-state index in [1.165, 1.54) is 11.1 Å². The maximum Gasteiger partial charge on any atom is 0.339 e. The molecule has 1 amide bonds. The van der Waals surface area contributed by atoms with E-state index in [9.17, 15) is 9.59 Å². The zero-order valence-electron chi connectivity index (χ0n) is 15.2. The average Bonchev–Trinajstić information content (AvgIpc) is 3.12. The second-order valence-corrected chi connectivity index (χ2v) is 6.77. The number of anilines is 1. The third-order valence-corrected chi connectivity index (χ3v) is 5.05. The number of para-hydroxylation sites is 1. The van der Waals surface area contributed by atoms with E-state index in [-0.39, 0.29) is 5.91 Å². The normalized spacial score (nSPS) is 13.4. The van der Waals surface area contributed by atoms with Crippen LogP contribution in [-0.4, -0.2) is 18.0 Å². The topological polar surface area (TPSA) is 55.4 Å². The standard InChI is InChI=1S/C23H21NO3/c1-2-20(22(25)24-17-8-4-3-5-9-17)27-23(26)19-14-13-16-12-11-15-7-6-10-18(19)21(15)16/h3-10,13-14,20H,2,11-12H2,1H3,(H,24,25)/t20-/m0/s1. The summed E-state index contributed by atoms with van der Waals surface area (Å²) in [5.74, 6) is -0.774. The van der Waals surface area contributed by atoms with Crippen LogP contribution in [-0.2, 0) is 22.4 Å². The molecule has 3 aromatic carbocycles. The Hall–Kier alpha value is -3.14. The van der Waals surface area contributed by atoms with Gasteiger partial charge in [0, 0.05) is 5.69 Å². The van der Waals surface area contributed by atoms with Crippen molar-refractivity contribution in [2.45, 2.75) is 32.3 Å². The lowest BCUT2D eigenvalue weighted by Gasteiger charge is -2.17. The molecule has 0 saturated heterocycles. The van der Waals surface area contributed by atoms with Crippen molar-refractivity contribution in [3.05, 3.63) is 77.4 Å². The Balaban J connectivity index is 1.56. The first-order valence-electron chi connectivity index (χ1n) is 9.27. The number of aryl methyl sites for hydroxylation is 2. The SMILES string of the molecule is CC[C@H](OC(=O)c1ccc2c3c(cccc13)CC2)C(=O)Nc1ccccc1. The maximum atomic E-state index is 12.8. The third-order valence-electron chi connectivity index (χ3n) is 5.05. The summed E-state index contributed by atoms with van der Waals surface area (Å²) in [6.45, 7) is 1.83. The highest BCUT2D eigenvalue weighted by Gasteiger charge is 2.25. The van der Waals surface area contributed by atoms with E-state index in [1.807, 2.05) is 49.4 Å². The molecule has 1 atom stereocenters. The Bertz CT molecular complexity index is 1000. The van der Waals surface area contributed by atoms with Crippen molar-refractivity contribution in [1.82, 2.24) is 0 Å². The average molecular weight is 359 g/mol. The van der Waals surface area contributed by atoms with E-state index >= 15 is 0 Å². The Morgan fingerprint density at radius 3 is 2.44 bits per heavy atom. The van der Waals surface area contributed by atoms with Gasteiger partial charge in [-0.25, -0.2) is 4.79 Å². The zero-order valence-corrected chi connectivity index (χ0v) is 15.2. The molecule has 0 radical (unpaired) electrons. The number of benzene rings is 3. The number of amides is 1. The number of carbonyl (C=O) groups excluding carboxylic acids is 2. The number of hydrogen-bond acceptors (Lipinski definition) is 3. The van der Waals surface area contributed by atoms with Crippen molar-refractivity contribution in [2.24, 2.45) is 0 Å². The van der Waals surface area contributed by atoms with Gasteiger partial charge in [-0.2, -0.15) is 0 Å². The fourth-order valence-electron chi connectivity index (χ4n) is 3.68. The van der Waals surface area contributed by atoms with Crippen LogP contribution in [0, 0.1) is 0 Å². The molecule has 1 aliphatic carbocycles. The van der Waals surface area contributed by atoms with Crippen molar-refractivity contribution in [3.8, 4) is 0 Å². The summed E-state index contributed by atoms with van der Waals surface area (Å²) in [5, 5.41) is 4.87. The number of hydrogen-bond donors (Lipinski definition) is 1. The summed E-state index contributed by atoms with van der Waals surface area (Å²) in [7, 11) is 0. The Morgan fingerprint density at radius 2 is 1.70 bits per heavy atom. The van der Waals surface area contributed by atoms with Gasteiger partial charge in [0.1, 0.15) is 0 Å². The number of carbonyl (C=O) groups is 2. The highest BCUT2D eigenvalue weighted by Crippen LogP contribution is 2.33. The van der Waals surface area contributed by atoms with Crippen LogP contribution in [0.3, 0.4) is 0 Å². The summed E-state index contributed by atoms with van der Waals surface area (Å²) in [6, 6.07) is 19.0. The Labute approximate surface area is 158 Å². The molecule has 0 aromatic heterocycles. The maximum absolute atomic E-state index is 12.8. The van der Waals surface area contributed by atoms with Crippen molar-refractivity contribution in [2.75, 3.05) is 5.32 Å². The predicted molar refractivity (Wildman–Crippen MR) is 106 cm³/mol. The summed E-state index contributed by atoms with van der Waals surface area (Å²) in [6.07, 6.45) is 1.58. The monoisotopic (exact) mass is 359 g/mol. The van der Waals surface area contributed by atoms with Crippen LogP contribution >= 0.6 is 0 Å². The molecule has 27 heavy (non-hydrogen) atoms. The minimum Gasteiger partial charge on any atom is -0.449 e. The van der Waals surface area contributed by atoms with Gasteiger partial charge in [-0.15, -0.1) is 0 Å². The predicted octanol–water partition coefficient (Wildman–Crippen LogP) is 4.51. The molecular weight excluding hydrogens is 338 g/mol. The van der Waals surface area contributed by atoms with E-state index in [0.717, 1.165) is 23.6 Å². The first-order valence-corrected chi connectivity index (χ1v) is 9.27. The van der Waals surface area contributed by atoms with Crippen molar-refractivity contribution in [3.63, 3.8) is 0 Å². The summed E-state index contributed by atoms with van der Waals surface area (Å²) in [5.41, 5.74) is 3.74. The van der Waals surface area contributed by atoms with Crippen molar-refractivity contribution >= 4 is 28.3 Å². The molecule has 0 aliphatic heterocycles. The minimum atomic E-state index is -0.833. The smallest absolute Gasteiger partial charge is 0.339 e. The highest BCUT2D eigenvalue weighted by atomic mass is 16.5. The van der Waals surface area contributed by atoms with E-state index < -0.39 is 12.1 Å². The molecular formula is C23H21NO3. The first kappa shape index (κ1) is 17.3. The Morgan fingerprint density at radius 1 is 0.963 bits per heavy atom. The number of esters is 1. The molecule has 0 saturated carbocycles. The van der Waals surface area contributed by atoms with Crippen LogP contribution in [0.2, 0.25) is 0 Å². The molecule has 0 heterocycles. The summed E-state index contributed by atoms with van der Waals surface area (Å²) >= 11 is 0. The van der Waals surface area contributed by atoms with Gasteiger partial charge in [0.25, 0.3) is 5.91 Å². The van der Waals surface area contributed by atoms with Gasteiger partial charge >= 0.3 is 5.97 Å². The summed E-state index contributed by atoms with van der Waals surface area (Å²) in [4.78, 5) is 25.3. The van der Waals surface area contributed by atoms with Crippen LogP contribution in [0.15, 0.2) is 60.7 Å². The van der Waals surface area contributed by atoms with E-state index in [0.29, 0.717) is 17.7 Å². The zero-order chi connectivity index (χ0) is 18.8. The molecule has 0 spiro atoms. The van der Waals surface area contributed by atoms with Gasteiger partial charge < -0.3 is 10.1 Å². The molecule has 4 heteroatoms. The van der Waals surface area contributed by atoms with E-state index in [2.05, 4.69) is 11.4 Å². The van der Waals surface area contributed by atoms with Crippen molar-refractivity contribution < 1.29 is 14.3 Å². The lowest BCUT2D eigenvalue weighted by Crippen LogP contribution is -2.32. The van der Waals surface area contributed by atoms with Crippen LogP contribution in [0.4, 0.5) is 5.69 Å². The van der Waals surface area contributed by atoms with Crippen molar-refractivity contribution in [1.29, 1.82) is 0 Å². The minimum absolute atomic E-state index is 0.317. The molecule has 3 aromatic rings. The van der Waals surface area contributed by atoms with Crippen LogP contribution in [0.25, 0.3) is 10.8 Å². The van der Waals surface area contributed by atoms with E-state index in [1.54, 1.807) is 12.1 Å². The third kappa shape index (κ3) is 3.31. The summed E-state index contributed by atoms with van der Waals surface area (Å²) < 4.78 is 5.58. The molecule has 4 rings (SSSR count). The largest absolute Gasteiger partial charge is 0.449 e. The number of ether oxygens (including phenoxy) is 1. The molecule has 0 unspecified atom stereocenters. The molecule has 1 aliphatic rings. The van der Waals surface area contributed by atoms with Gasteiger partial charge in [0.15, 0.2) is 6.10 Å². The van der Waals surface area contributed by atoms with Gasteiger partial charge in [-0.05, 0) is 59.4 Å². The first-order chi connectivity index (χ1) is 13.2. The van der Waals surface area contributed by atoms with Crippen LogP contribution in [0.5, 0.6) is 0 Å². The van der Waals surface area contributed by atoms with Gasteiger partial charge in [0.2, 0.25) is 0 Å². The van der Waals surface area contributed by atoms with Gasteiger partial charge in [0.05, 0.1) is 5.56 Å². The lowest BCUT2D eigenvalue weighted by molar-refractivity contribution is -0.124. The second kappa shape index (κ2) is 7.23. The number of nitrogens with one attached hydrogen (secondary N) is 1. The van der Waals surface area contributed by atoms with Gasteiger partial charge in [-0.1, -0.05) is 49.4 Å². The fourth-order valence-corrected chi connectivity index (χ4v) is 3.68. The molecule has 0 bridgehead atoms. The second-order valence-electron chi connectivity index (χ2n) is 6.77.